The molecule has 0 saturated carbocycles. The number of halogens is 1. The van der Waals surface area contributed by atoms with Gasteiger partial charge < -0.3 is 10.2 Å². The van der Waals surface area contributed by atoms with Crippen molar-refractivity contribution in [2.45, 2.75) is 32.2 Å². The molecule has 1 saturated heterocycles. The number of carbonyl (C=O) groups is 2. The van der Waals surface area contributed by atoms with Gasteiger partial charge in [0, 0.05) is 30.3 Å². The summed E-state index contributed by atoms with van der Waals surface area (Å²) in [5, 5.41) is 10.4. The summed E-state index contributed by atoms with van der Waals surface area (Å²) in [5.41, 5.74) is 1.80. The molecule has 2 atom stereocenters. The van der Waals surface area contributed by atoms with Gasteiger partial charge in [-0.05, 0) is 23.6 Å². The van der Waals surface area contributed by atoms with Crippen molar-refractivity contribution in [3.63, 3.8) is 0 Å². The van der Waals surface area contributed by atoms with Gasteiger partial charge >= 0.3 is 0 Å². The van der Waals surface area contributed by atoms with E-state index in [9.17, 15) is 9.59 Å². The maximum atomic E-state index is 12.8. The highest BCUT2D eigenvalue weighted by atomic mass is 35.5. The Labute approximate surface area is 151 Å². The Bertz CT molecular complexity index is 802. The average molecular weight is 361 g/mol. The van der Waals surface area contributed by atoms with Crippen molar-refractivity contribution in [2.24, 2.45) is 5.92 Å². The van der Waals surface area contributed by atoms with Crippen molar-refractivity contribution in [1.82, 2.24) is 15.1 Å². The summed E-state index contributed by atoms with van der Waals surface area (Å²) in [6.45, 7) is 4.08. The Hall–Kier alpha value is -2.34. The molecule has 1 aliphatic heterocycles. The van der Waals surface area contributed by atoms with Crippen LogP contribution in [0.3, 0.4) is 0 Å². The molecule has 0 bridgehead atoms. The number of aromatic nitrogens is 2. The molecule has 0 aliphatic carbocycles. The van der Waals surface area contributed by atoms with Crippen LogP contribution in [0.5, 0.6) is 0 Å². The molecule has 7 heteroatoms. The maximum Gasteiger partial charge on any atom is 0.231 e. The SMILES string of the molecule is CC(C)c1cc(NC(=O)C2CC(=O)N(C)C2c2cccc(Cl)c2)n[nH]1. The van der Waals surface area contributed by atoms with Crippen LogP contribution in [0.15, 0.2) is 30.3 Å². The number of rotatable bonds is 4. The van der Waals surface area contributed by atoms with E-state index in [-0.39, 0.29) is 30.2 Å². The fourth-order valence-electron chi connectivity index (χ4n) is 3.17. The first-order valence-corrected chi connectivity index (χ1v) is 8.62. The van der Waals surface area contributed by atoms with E-state index in [1.165, 1.54) is 0 Å². The van der Waals surface area contributed by atoms with Crippen LogP contribution in [-0.2, 0) is 9.59 Å². The molecule has 2 aromatic rings. The first kappa shape index (κ1) is 17.5. The van der Waals surface area contributed by atoms with Crippen LogP contribution in [0.1, 0.15) is 43.5 Å². The lowest BCUT2D eigenvalue weighted by atomic mass is 9.93. The number of hydrogen-bond acceptors (Lipinski definition) is 3. The molecule has 2 heterocycles. The summed E-state index contributed by atoms with van der Waals surface area (Å²) in [6.07, 6.45) is 0.168. The van der Waals surface area contributed by atoms with Crippen LogP contribution < -0.4 is 5.32 Å². The predicted molar refractivity (Wildman–Crippen MR) is 96.4 cm³/mol. The van der Waals surface area contributed by atoms with Gasteiger partial charge in [-0.1, -0.05) is 37.6 Å². The molecule has 6 nitrogen and oxygen atoms in total. The summed E-state index contributed by atoms with van der Waals surface area (Å²) >= 11 is 6.08. The van der Waals surface area contributed by atoms with Gasteiger partial charge in [-0.3, -0.25) is 14.7 Å². The molecule has 0 radical (unpaired) electrons. The molecule has 1 aromatic carbocycles. The second-order valence-corrected chi connectivity index (χ2v) is 7.10. The van der Waals surface area contributed by atoms with Crippen LogP contribution in [0, 0.1) is 5.92 Å². The van der Waals surface area contributed by atoms with Crippen LogP contribution in [0.4, 0.5) is 5.82 Å². The van der Waals surface area contributed by atoms with Crippen LogP contribution in [0.25, 0.3) is 0 Å². The van der Waals surface area contributed by atoms with Crippen molar-refractivity contribution >= 4 is 29.2 Å². The molecule has 1 aromatic heterocycles. The second-order valence-electron chi connectivity index (χ2n) is 6.67. The number of hydrogen-bond donors (Lipinski definition) is 2. The summed E-state index contributed by atoms with van der Waals surface area (Å²) < 4.78 is 0. The lowest BCUT2D eigenvalue weighted by Gasteiger charge is -2.24. The van der Waals surface area contributed by atoms with Gasteiger partial charge in [-0.25, -0.2) is 0 Å². The van der Waals surface area contributed by atoms with Crippen LogP contribution >= 0.6 is 11.6 Å². The van der Waals surface area contributed by atoms with Gasteiger partial charge in [0.25, 0.3) is 0 Å². The number of amides is 2. The third kappa shape index (κ3) is 3.54. The molecule has 3 rings (SSSR count). The summed E-state index contributed by atoms with van der Waals surface area (Å²) in [7, 11) is 1.71. The monoisotopic (exact) mass is 360 g/mol. The number of nitrogens with one attached hydrogen (secondary N) is 2. The van der Waals surface area contributed by atoms with Gasteiger partial charge in [0.1, 0.15) is 0 Å². The van der Waals surface area contributed by atoms with Crippen LogP contribution in [0.2, 0.25) is 5.02 Å². The molecule has 0 spiro atoms. The number of H-pyrrole nitrogens is 1. The van der Waals surface area contributed by atoms with Gasteiger partial charge in [0.05, 0.1) is 12.0 Å². The highest BCUT2D eigenvalue weighted by Crippen LogP contribution is 2.38. The second kappa shape index (κ2) is 6.88. The number of carbonyl (C=O) groups excluding carboxylic acids is 2. The maximum absolute atomic E-state index is 12.8. The predicted octanol–water partition coefficient (Wildman–Crippen LogP) is 3.34. The van der Waals surface area contributed by atoms with Crippen molar-refractivity contribution in [2.75, 3.05) is 12.4 Å². The van der Waals surface area contributed by atoms with E-state index < -0.39 is 5.92 Å². The van der Waals surface area contributed by atoms with E-state index in [4.69, 9.17) is 11.6 Å². The minimum atomic E-state index is -0.491. The Morgan fingerprint density at radius 1 is 1.40 bits per heavy atom. The number of benzene rings is 1. The topological polar surface area (TPSA) is 78.1 Å². The number of aromatic amines is 1. The molecule has 2 unspecified atom stereocenters. The molecule has 1 fully saturated rings. The van der Waals surface area contributed by atoms with Gasteiger partial charge in [-0.2, -0.15) is 5.10 Å². The van der Waals surface area contributed by atoms with E-state index in [0.717, 1.165) is 11.3 Å². The number of likely N-dealkylation sites (tertiary alicyclic amines) is 1. The van der Waals surface area contributed by atoms with E-state index >= 15 is 0 Å². The molecule has 2 N–H and O–H groups in total. The number of anilines is 1. The Kier molecular flexibility index (Phi) is 4.81. The first-order chi connectivity index (χ1) is 11.9. The van der Waals surface area contributed by atoms with Gasteiger partial charge in [0.2, 0.25) is 11.8 Å². The highest BCUT2D eigenvalue weighted by Gasteiger charge is 2.42. The van der Waals surface area contributed by atoms with Gasteiger partial charge in [-0.15, -0.1) is 0 Å². The Morgan fingerprint density at radius 2 is 2.16 bits per heavy atom. The normalized spacial score (nSPS) is 20.4. The van der Waals surface area contributed by atoms with E-state index in [1.54, 1.807) is 24.1 Å². The zero-order valence-corrected chi connectivity index (χ0v) is 15.2. The third-order valence-electron chi connectivity index (χ3n) is 4.58. The quantitative estimate of drug-likeness (QED) is 0.877. The van der Waals surface area contributed by atoms with E-state index in [1.807, 2.05) is 32.0 Å². The molecular formula is C18H21ClN4O2. The lowest BCUT2D eigenvalue weighted by molar-refractivity contribution is -0.127. The standard InChI is InChI=1S/C18H21ClN4O2/c1-10(2)14-9-15(22-21-14)20-18(25)13-8-16(24)23(3)17(13)11-5-4-6-12(19)7-11/h4-7,9-10,13,17H,8H2,1-3H3,(H2,20,21,22,25). The van der Waals surface area contributed by atoms with Crippen molar-refractivity contribution in [3.05, 3.63) is 46.6 Å². The smallest absolute Gasteiger partial charge is 0.231 e. The van der Waals surface area contributed by atoms with Crippen molar-refractivity contribution in [3.8, 4) is 0 Å². The zero-order chi connectivity index (χ0) is 18.1. The van der Waals surface area contributed by atoms with Crippen molar-refractivity contribution < 1.29 is 9.59 Å². The minimum Gasteiger partial charge on any atom is -0.338 e. The lowest BCUT2D eigenvalue weighted by Crippen LogP contribution is -2.30. The average Bonchev–Trinajstić information content (AvgIpc) is 3.13. The summed E-state index contributed by atoms with van der Waals surface area (Å²) in [4.78, 5) is 26.6. The Balaban J connectivity index is 1.83. The molecular weight excluding hydrogens is 340 g/mol. The highest BCUT2D eigenvalue weighted by molar-refractivity contribution is 6.30. The summed E-state index contributed by atoms with van der Waals surface area (Å²) in [5.74, 6) is -0.00762. The van der Waals surface area contributed by atoms with E-state index in [2.05, 4.69) is 15.5 Å². The fraction of sp³-hybridized carbons (Fsp3) is 0.389. The molecule has 2 amide bonds. The minimum absolute atomic E-state index is 0.0602. The zero-order valence-electron chi connectivity index (χ0n) is 14.4. The Morgan fingerprint density at radius 3 is 2.80 bits per heavy atom. The summed E-state index contributed by atoms with van der Waals surface area (Å²) in [6, 6.07) is 8.76. The largest absolute Gasteiger partial charge is 0.338 e. The van der Waals surface area contributed by atoms with Gasteiger partial charge in [0.15, 0.2) is 5.82 Å². The third-order valence-corrected chi connectivity index (χ3v) is 4.82. The number of nitrogens with zero attached hydrogens (tertiary/aromatic N) is 2. The fourth-order valence-corrected chi connectivity index (χ4v) is 3.37. The first-order valence-electron chi connectivity index (χ1n) is 8.24. The molecule has 132 valence electrons. The van der Waals surface area contributed by atoms with Crippen molar-refractivity contribution in [1.29, 1.82) is 0 Å². The molecule has 25 heavy (non-hydrogen) atoms. The van der Waals surface area contributed by atoms with Crippen LogP contribution in [-0.4, -0.2) is 34.0 Å². The molecule has 1 aliphatic rings. The van der Waals surface area contributed by atoms with E-state index in [0.29, 0.717) is 10.8 Å².